The summed E-state index contributed by atoms with van der Waals surface area (Å²) in [6.07, 6.45) is 7.43. The Morgan fingerprint density at radius 1 is 0.281 bits per heavy atom. The first kappa shape index (κ1) is 34.7. The highest BCUT2D eigenvalue weighted by molar-refractivity contribution is 6.13. The van der Waals surface area contributed by atoms with Gasteiger partial charge in [0.15, 0.2) is 5.82 Å². The molecule has 0 saturated carbocycles. The zero-order chi connectivity index (χ0) is 41.9. The molecule has 0 N–H and O–H groups in total. The van der Waals surface area contributed by atoms with Gasteiger partial charge in [0.2, 0.25) is 11.9 Å². The van der Waals surface area contributed by atoms with E-state index in [0.29, 0.717) is 17.7 Å². The van der Waals surface area contributed by atoms with Crippen LogP contribution in [0.1, 0.15) is 0 Å². The minimum atomic E-state index is 0.500. The number of nitrogens with zero attached hydrogens (tertiary/aromatic N) is 9. The number of hydrogen-bond donors (Lipinski definition) is 0. The van der Waals surface area contributed by atoms with E-state index < -0.39 is 0 Å². The fourth-order valence-electron chi connectivity index (χ4n) is 10.1. The molecule has 0 spiro atoms. The first-order valence-corrected chi connectivity index (χ1v) is 21.3. The van der Waals surface area contributed by atoms with E-state index in [9.17, 15) is 0 Å². The zero-order valence-corrected chi connectivity index (χ0v) is 34.1. The molecule has 0 aliphatic heterocycles. The molecule has 9 nitrogen and oxygen atoms in total. The molecule has 0 radical (unpaired) electrons. The summed E-state index contributed by atoms with van der Waals surface area (Å²) in [5.41, 5.74) is 11.5. The van der Waals surface area contributed by atoms with Crippen molar-refractivity contribution in [3.05, 3.63) is 201 Å². The van der Waals surface area contributed by atoms with E-state index in [1.165, 1.54) is 32.6 Å². The molecule has 0 fully saturated rings. The molecule has 9 heteroatoms. The average Bonchev–Trinajstić information content (AvgIpc) is 4.09. The predicted molar refractivity (Wildman–Crippen MR) is 258 cm³/mol. The lowest BCUT2D eigenvalue weighted by Gasteiger charge is -2.13. The van der Waals surface area contributed by atoms with Crippen molar-refractivity contribution in [3.8, 4) is 34.7 Å². The van der Waals surface area contributed by atoms with Crippen LogP contribution in [0.15, 0.2) is 201 Å². The summed E-state index contributed by atoms with van der Waals surface area (Å²) >= 11 is 0. The molecule has 64 heavy (non-hydrogen) atoms. The first-order valence-electron chi connectivity index (χ1n) is 21.3. The van der Waals surface area contributed by atoms with E-state index in [1.54, 1.807) is 0 Å². The van der Waals surface area contributed by atoms with Crippen LogP contribution in [-0.4, -0.2) is 43.2 Å². The van der Waals surface area contributed by atoms with Crippen molar-refractivity contribution >= 4 is 87.2 Å². The van der Waals surface area contributed by atoms with Gasteiger partial charge in [-0.2, -0.15) is 15.0 Å². The Bertz CT molecular complexity index is 3920. The minimum Gasteiger partial charge on any atom is -0.309 e. The predicted octanol–water partition coefficient (Wildman–Crippen LogP) is 12.7. The second-order valence-corrected chi connectivity index (χ2v) is 16.2. The number of fused-ring (bicyclic) bond motifs is 12. The van der Waals surface area contributed by atoms with Gasteiger partial charge in [0.1, 0.15) is 0 Å². The van der Waals surface area contributed by atoms with Crippen molar-refractivity contribution in [3.63, 3.8) is 0 Å². The van der Waals surface area contributed by atoms with Gasteiger partial charge in [0.05, 0.1) is 56.5 Å². The lowest BCUT2D eigenvalue weighted by Crippen LogP contribution is -2.10. The normalized spacial score (nSPS) is 12.1. The van der Waals surface area contributed by atoms with Gasteiger partial charge in [-0.1, -0.05) is 91.0 Å². The van der Waals surface area contributed by atoms with Gasteiger partial charge in [-0.3, -0.25) is 19.1 Å². The quantitative estimate of drug-likeness (QED) is 0.173. The molecule has 0 amide bonds. The van der Waals surface area contributed by atoms with Gasteiger partial charge in [-0.05, 0) is 84.9 Å². The van der Waals surface area contributed by atoms with E-state index in [0.717, 1.165) is 71.6 Å². The van der Waals surface area contributed by atoms with Gasteiger partial charge in [0.25, 0.3) is 0 Å². The third-order valence-corrected chi connectivity index (χ3v) is 12.8. The number of benzene rings is 7. The molecule has 298 valence electrons. The molecule has 0 aliphatic carbocycles. The summed E-state index contributed by atoms with van der Waals surface area (Å²) in [6.45, 7) is 0. The zero-order valence-electron chi connectivity index (χ0n) is 34.1. The number of rotatable bonds is 5. The molecule has 7 aromatic carbocycles. The monoisotopic (exact) mass is 819 g/mol. The molecular formula is C55H33N9. The fourth-order valence-corrected chi connectivity index (χ4v) is 10.1. The van der Waals surface area contributed by atoms with Crippen LogP contribution in [-0.2, 0) is 0 Å². The van der Waals surface area contributed by atoms with Gasteiger partial charge in [-0.25, -0.2) is 0 Å². The second-order valence-electron chi connectivity index (χ2n) is 16.2. The highest BCUT2D eigenvalue weighted by Crippen LogP contribution is 2.38. The Hall–Kier alpha value is -8.95. The molecule has 0 unspecified atom stereocenters. The Morgan fingerprint density at radius 2 is 0.656 bits per heavy atom. The summed E-state index contributed by atoms with van der Waals surface area (Å²) in [6, 6.07) is 62.2. The maximum absolute atomic E-state index is 5.27. The molecule has 14 rings (SSSR count). The van der Waals surface area contributed by atoms with Crippen molar-refractivity contribution in [1.29, 1.82) is 0 Å². The second kappa shape index (κ2) is 13.3. The topological polar surface area (TPSA) is 84.2 Å². The molecular weight excluding hydrogens is 787 g/mol. The maximum Gasteiger partial charge on any atom is 0.240 e. The van der Waals surface area contributed by atoms with Crippen LogP contribution in [0, 0.1) is 0 Å². The largest absolute Gasteiger partial charge is 0.309 e. The lowest BCUT2D eigenvalue weighted by molar-refractivity contribution is 0.891. The highest BCUT2D eigenvalue weighted by atomic mass is 15.3. The summed E-state index contributed by atoms with van der Waals surface area (Å²) in [7, 11) is 0. The van der Waals surface area contributed by atoms with Crippen molar-refractivity contribution in [2.75, 3.05) is 0 Å². The smallest absolute Gasteiger partial charge is 0.240 e. The fraction of sp³-hybridized carbons (Fsp3) is 0. The van der Waals surface area contributed by atoms with Crippen LogP contribution < -0.4 is 0 Å². The van der Waals surface area contributed by atoms with Crippen molar-refractivity contribution in [2.45, 2.75) is 0 Å². The van der Waals surface area contributed by atoms with Crippen molar-refractivity contribution < 1.29 is 0 Å². The van der Waals surface area contributed by atoms with Gasteiger partial charge < -0.3 is 9.13 Å². The van der Waals surface area contributed by atoms with Gasteiger partial charge in [0, 0.05) is 72.4 Å². The highest BCUT2D eigenvalue weighted by Gasteiger charge is 2.22. The summed E-state index contributed by atoms with van der Waals surface area (Å²) in [4.78, 5) is 24.9. The van der Waals surface area contributed by atoms with Gasteiger partial charge in [-0.15, -0.1) is 0 Å². The molecule has 0 aliphatic rings. The SMILES string of the molecule is c1ccc2c(c1)c1ccccc1n2-c1ccc2c(c1)c1ccccc1n2-c1ccc(-c2nc(-n3c4ccccc4c4ccncc43)nc(-n3c4ccccc4c4ccncc43)n2)cc1. The number of para-hydroxylation sites is 5. The molecule has 7 heterocycles. The van der Waals surface area contributed by atoms with E-state index in [4.69, 9.17) is 15.0 Å². The molecule has 0 atom stereocenters. The molecule has 7 aromatic heterocycles. The Balaban J connectivity index is 0.958. The maximum atomic E-state index is 5.27. The number of hydrogen-bond acceptors (Lipinski definition) is 5. The Labute approximate surface area is 364 Å². The molecule has 14 aromatic rings. The average molecular weight is 820 g/mol. The Kier molecular flexibility index (Phi) is 7.20. The van der Waals surface area contributed by atoms with Crippen molar-refractivity contribution in [2.24, 2.45) is 0 Å². The van der Waals surface area contributed by atoms with Crippen LogP contribution in [0.4, 0.5) is 0 Å². The minimum absolute atomic E-state index is 0.500. The Morgan fingerprint density at radius 3 is 1.14 bits per heavy atom. The molecule has 0 saturated heterocycles. The van der Waals surface area contributed by atoms with E-state index in [1.807, 2.05) is 36.9 Å². The van der Waals surface area contributed by atoms with Crippen LogP contribution >= 0.6 is 0 Å². The van der Waals surface area contributed by atoms with Crippen LogP contribution in [0.5, 0.6) is 0 Å². The van der Waals surface area contributed by atoms with Crippen molar-refractivity contribution in [1.82, 2.24) is 43.2 Å². The van der Waals surface area contributed by atoms with Crippen LogP contribution in [0.2, 0.25) is 0 Å². The lowest BCUT2D eigenvalue weighted by atomic mass is 10.1. The third-order valence-electron chi connectivity index (χ3n) is 12.8. The number of pyridine rings is 2. The van der Waals surface area contributed by atoms with Gasteiger partial charge >= 0.3 is 0 Å². The standard InChI is InChI=1S/C55H33N9/c1-6-16-45-37(11-1)38-12-2-7-17-46(38)62(45)36-25-26-50-44(31-36)41-15-5-8-18-47(41)61(50)35-23-21-34(22-24-35)53-58-54(63-48-19-9-3-13-39(48)42-27-29-56-32-51(42)63)60-55(59-53)64-49-20-10-4-14-40(49)43-28-30-57-33-52(43)64/h1-33H. The number of aromatic nitrogens is 9. The van der Waals surface area contributed by atoms with E-state index in [-0.39, 0.29) is 0 Å². The summed E-state index contributed by atoms with van der Waals surface area (Å²) < 4.78 is 8.93. The van der Waals surface area contributed by atoms with E-state index in [2.05, 4.69) is 192 Å². The summed E-state index contributed by atoms with van der Waals surface area (Å²) in [5.74, 6) is 1.55. The summed E-state index contributed by atoms with van der Waals surface area (Å²) in [5, 5.41) is 9.23. The first-order chi connectivity index (χ1) is 31.8. The molecule has 0 bridgehead atoms. The van der Waals surface area contributed by atoms with Crippen LogP contribution in [0.25, 0.3) is 122 Å². The van der Waals surface area contributed by atoms with E-state index >= 15 is 0 Å². The van der Waals surface area contributed by atoms with Crippen LogP contribution in [0.3, 0.4) is 0 Å². The third kappa shape index (κ3) is 4.91.